The molecule has 0 bridgehead atoms. The molecule has 0 radical (unpaired) electrons. The van der Waals surface area contributed by atoms with Gasteiger partial charge in [0.05, 0.1) is 6.04 Å². The highest BCUT2D eigenvalue weighted by molar-refractivity contribution is 8.00. The lowest BCUT2D eigenvalue weighted by Crippen LogP contribution is -2.24. The number of benzene rings is 2. The molecule has 0 aliphatic heterocycles. The third-order valence-corrected chi connectivity index (χ3v) is 4.66. The summed E-state index contributed by atoms with van der Waals surface area (Å²) in [5.41, 5.74) is -2.28. The van der Waals surface area contributed by atoms with Crippen LogP contribution in [0.4, 0.5) is 13.2 Å². The van der Waals surface area contributed by atoms with E-state index in [1.165, 1.54) is 12.1 Å². The highest BCUT2D eigenvalue weighted by Crippen LogP contribution is 2.36. The fraction of sp³-hybridized carbons (Fsp3) is 0.211. The Labute approximate surface area is 154 Å². The van der Waals surface area contributed by atoms with E-state index >= 15 is 0 Å². The third-order valence-electron chi connectivity index (χ3n) is 3.92. The van der Waals surface area contributed by atoms with E-state index < -0.39 is 5.51 Å². The molecule has 0 saturated carbocycles. The molecular weight excluding hydrogens is 359 g/mol. The van der Waals surface area contributed by atoms with Gasteiger partial charge in [0.25, 0.3) is 0 Å². The number of hydrogen-bond donors (Lipinski definition) is 1. The normalized spacial score (nSPS) is 12.9. The summed E-state index contributed by atoms with van der Waals surface area (Å²) in [4.78, 5) is 4.62. The number of rotatable bonds is 6. The molecule has 0 aliphatic carbocycles. The average Bonchev–Trinajstić information content (AvgIpc) is 3.02. The molecule has 3 nitrogen and oxygen atoms in total. The minimum Gasteiger partial charge on any atom is -0.336 e. The molecule has 0 aliphatic rings. The molecule has 1 heterocycles. The number of alkyl halides is 3. The highest BCUT2D eigenvalue weighted by Gasteiger charge is 2.29. The van der Waals surface area contributed by atoms with Gasteiger partial charge in [0.1, 0.15) is 5.82 Å². The van der Waals surface area contributed by atoms with Crippen LogP contribution >= 0.6 is 11.8 Å². The Hall–Kier alpha value is -2.25. The molecule has 1 N–H and O–H groups in total. The fourth-order valence-electron chi connectivity index (χ4n) is 2.69. The second-order valence-electron chi connectivity index (χ2n) is 5.81. The van der Waals surface area contributed by atoms with Crippen molar-refractivity contribution >= 4 is 11.8 Å². The zero-order valence-corrected chi connectivity index (χ0v) is 14.9. The largest absolute Gasteiger partial charge is 0.446 e. The molecule has 0 fully saturated rings. The Morgan fingerprint density at radius 2 is 1.77 bits per heavy atom. The molecular formula is C19H18F3N3S. The van der Waals surface area contributed by atoms with Crippen molar-refractivity contribution < 1.29 is 13.2 Å². The number of thioether (sulfide) groups is 1. The van der Waals surface area contributed by atoms with Gasteiger partial charge in [-0.3, -0.25) is 5.32 Å². The Bertz CT molecular complexity index is 829. The smallest absolute Gasteiger partial charge is 0.336 e. The van der Waals surface area contributed by atoms with Crippen LogP contribution in [0.3, 0.4) is 0 Å². The van der Waals surface area contributed by atoms with Crippen LogP contribution in [0.5, 0.6) is 0 Å². The standard InChI is InChI=1S/C19H18F3N3S/c1-25-12-11-23-18(25)17(15-5-3-2-4-6-15)24-13-14-7-9-16(10-8-14)26-19(20,21)22/h2-12,17,24H,13H2,1H3/t17-/m0/s1. The number of aryl methyl sites for hydroxylation is 1. The molecule has 0 spiro atoms. The number of nitrogens with zero attached hydrogens (tertiary/aromatic N) is 2. The minimum absolute atomic E-state index is 0.103. The maximum Gasteiger partial charge on any atom is 0.446 e. The van der Waals surface area contributed by atoms with Gasteiger partial charge in [-0.1, -0.05) is 42.5 Å². The van der Waals surface area contributed by atoms with Gasteiger partial charge < -0.3 is 4.57 Å². The lowest BCUT2D eigenvalue weighted by Gasteiger charge is -2.19. The zero-order valence-electron chi connectivity index (χ0n) is 14.1. The van der Waals surface area contributed by atoms with Gasteiger partial charge in [0.2, 0.25) is 0 Å². The van der Waals surface area contributed by atoms with Crippen LogP contribution in [0.1, 0.15) is 23.0 Å². The molecule has 0 amide bonds. The summed E-state index contributed by atoms with van der Waals surface area (Å²) in [5.74, 6) is 0.875. The van der Waals surface area contributed by atoms with Crippen LogP contribution in [0.25, 0.3) is 0 Å². The molecule has 26 heavy (non-hydrogen) atoms. The van der Waals surface area contributed by atoms with Crippen molar-refractivity contribution in [3.8, 4) is 0 Å². The first kappa shape index (κ1) is 18.5. The SMILES string of the molecule is Cn1ccnc1[C@@H](NCc1ccc(SC(F)(F)F)cc1)c1ccccc1. The van der Waals surface area contributed by atoms with Gasteiger partial charge in [-0.05, 0) is 35.0 Å². The monoisotopic (exact) mass is 377 g/mol. The maximum absolute atomic E-state index is 12.4. The van der Waals surface area contributed by atoms with Crippen LogP contribution in [0.2, 0.25) is 0 Å². The molecule has 0 unspecified atom stereocenters. The van der Waals surface area contributed by atoms with E-state index in [0.717, 1.165) is 17.0 Å². The van der Waals surface area contributed by atoms with Gasteiger partial charge in [-0.2, -0.15) is 13.2 Å². The van der Waals surface area contributed by atoms with Crippen LogP contribution < -0.4 is 5.32 Å². The van der Waals surface area contributed by atoms with Crippen molar-refractivity contribution in [2.45, 2.75) is 23.0 Å². The molecule has 0 saturated heterocycles. The topological polar surface area (TPSA) is 29.9 Å². The van der Waals surface area contributed by atoms with E-state index in [1.54, 1.807) is 18.3 Å². The average molecular weight is 377 g/mol. The molecule has 1 atom stereocenters. The number of halogens is 3. The van der Waals surface area contributed by atoms with Crippen molar-refractivity contribution in [1.29, 1.82) is 0 Å². The molecule has 1 aromatic heterocycles. The second-order valence-corrected chi connectivity index (χ2v) is 6.95. The maximum atomic E-state index is 12.4. The Morgan fingerprint density at radius 3 is 2.35 bits per heavy atom. The van der Waals surface area contributed by atoms with Gasteiger partial charge in [-0.25, -0.2) is 4.98 Å². The minimum atomic E-state index is -4.27. The quantitative estimate of drug-likeness (QED) is 0.619. The van der Waals surface area contributed by atoms with Crippen molar-refractivity contribution in [2.75, 3.05) is 0 Å². The van der Waals surface area contributed by atoms with Gasteiger partial charge in [0.15, 0.2) is 0 Å². The first-order valence-electron chi connectivity index (χ1n) is 8.02. The number of nitrogens with one attached hydrogen (secondary N) is 1. The summed E-state index contributed by atoms with van der Waals surface area (Å²) in [5, 5.41) is 3.45. The Balaban J connectivity index is 1.73. The van der Waals surface area contributed by atoms with Crippen LogP contribution in [0.15, 0.2) is 71.9 Å². The summed E-state index contributed by atoms with van der Waals surface area (Å²) in [6, 6.07) is 16.2. The van der Waals surface area contributed by atoms with Crippen LogP contribution in [0, 0.1) is 0 Å². The van der Waals surface area contributed by atoms with E-state index in [9.17, 15) is 13.2 Å². The second kappa shape index (κ2) is 7.97. The van der Waals surface area contributed by atoms with E-state index in [1.807, 2.05) is 48.1 Å². The predicted molar refractivity (Wildman–Crippen MR) is 96.7 cm³/mol. The number of aromatic nitrogens is 2. The Kier molecular flexibility index (Phi) is 5.68. The first-order valence-corrected chi connectivity index (χ1v) is 8.84. The van der Waals surface area contributed by atoms with E-state index in [4.69, 9.17) is 0 Å². The lowest BCUT2D eigenvalue weighted by atomic mass is 10.1. The molecule has 136 valence electrons. The molecule has 3 rings (SSSR count). The summed E-state index contributed by atoms with van der Waals surface area (Å²) < 4.78 is 39.2. The molecule has 7 heteroatoms. The summed E-state index contributed by atoms with van der Waals surface area (Å²) in [6.45, 7) is 0.517. The molecule has 3 aromatic rings. The number of hydrogen-bond acceptors (Lipinski definition) is 3. The summed E-state index contributed by atoms with van der Waals surface area (Å²) >= 11 is -0.103. The van der Waals surface area contributed by atoms with E-state index in [0.29, 0.717) is 6.54 Å². The van der Waals surface area contributed by atoms with Crippen molar-refractivity contribution in [3.05, 3.63) is 83.9 Å². The van der Waals surface area contributed by atoms with Crippen molar-refractivity contribution in [1.82, 2.24) is 14.9 Å². The third kappa shape index (κ3) is 4.89. The Morgan fingerprint density at radius 1 is 1.08 bits per heavy atom. The first-order chi connectivity index (χ1) is 12.4. The fourth-order valence-corrected chi connectivity index (χ4v) is 3.23. The number of imidazole rings is 1. The summed E-state index contributed by atoms with van der Waals surface area (Å²) in [6.07, 6.45) is 3.63. The van der Waals surface area contributed by atoms with Gasteiger partial charge >= 0.3 is 5.51 Å². The van der Waals surface area contributed by atoms with Gasteiger partial charge in [-0.15, -0.1) is 0 Å². The predicted octanol–water partition coefficient (Wildman–Crippen LogP) is 4.91. The van der Waals surface area contributed by atoms with Crippen molar-refractivity contribution in [2.24, 2.45) is 7.05 Å². The van der Waals surface area contributed by atoms with E-state index in [-0.39, 0.29) is 22.7 Å². The van der Waals surface area contributed by atoms with Gasteiger partial charge in [0, 0.05) is 30.9 Å². The lowest BCUT2D eigenvalue weighted by molar-refractivity contribution is -0.0328. The molecule has 2 aromatic carbocycles. The van der Waals surface area contributed by atoms with Crippen LogP contribution in [-0.2, 0) is 13.6 Å². The highest BCUT2D eigenvalue weighted by atomic mass is 32.2. The van der Waals surface area contributed by atoms with Crippen molar-refractivity contribution in [3.63, 3.8) is 0 Å². The van der Waals surface area contributed by atoms with Crippen LogP contribution in [-0.4, -0.2) is 15.1 Å². The summed E-state index contributed by atoms with van der Waals surface area (Å²) in [7, 11) is 1.93. The zero-order chi connectivity index (χ0) is 18.6. The van der Waals surface area contributed by atoms with E-state index in [2.05, 4.69) is 10.3 Å².